The number of aliphatic carboxylic acids is 1. The number of carbonyl (C=O) groups excluding carboxylic acids is 1. The summed E-state index contributed by atoms with van der Waals surface area (Å²) in [6, 6.07) is 3.46. The standard InChI is InChI=1S/C11H15NO4/c1-11(2,10(14)15)6-9(13)12-7-8-4-3-5-16-8/h3-5H,6-7H2,1-2H3,(H,12,13)(H,14,15). The normalized spacial score (nSPS) is 11.1. The van der Waals surface area contributed by atoms with Crippen LogP contribution in [0, 0.1) is 5.41 Å². The van der Waals surface area contributed by atoms with Crippen LogP contribution in [0.5, 0.6) is 0 Å². The number of nitrogens with one attached hydrogen (secondary N) is 1. The number of rotatable bonds is 5. The van der Waals surface area contributed by atoms with Crippen LogP contribution in [-0.2, 0) is 16.1 Å². The van der Waals surface area contributed by atoms with Gasteiger partial charge in [0.25, 0.3) is 0 Å². The summed E-state index contributed by atoms with van der Waals surface area (Å²) in [5.41, 5.74) is -1.05. The minimum absolute atomic E-state index is 0.0525. The zero-order valence-electron chi connectivity index (χ0n) is 9.32. The van der Waals surface area contributed by atoms with E-state index in [9.17, 15) is 9.59 Å². The highest BCUT2D eigenvalue weighted by molar-refractivity contribution is 5.84. The first-order valence-electron chi connectivity index (χ1n) is 4.94. The first-order chi connectivity index (χ1) is 7.42. The third-order valence-electron chi connectivity index (χ3n) is 2.22. The van der Waals surface area contributed by atoms with E-state index in [0.717, 1.165) is 0 Å². The first kappa shape index (κ1) is 12.3. The van der Waals surface area contributed by atoms with E-state index in [1.54, 1.807) is 12.1 Å². The Labute approximate surface area is 93.4 Å². The third kappa shape index (κ3) is 3.42. The van der Waals surface area contributed by atoms with Crippen molar-refractivity contribution in [2.75, 3.05) is 0 Å². The molecule has 1 aromatic rings. The molecule has 1 heterocycles. The van der Waals surface area contributed by atoms with Crippen molar-refractivity contribution in [1.82, 2.24) is 5.32 Å². The number of amides is 1. The number of furan rings is 1. The molecule has 0 spiro atoms. The van der Waals surface area contributed by atoms with Crippen LogP contribution in [0.2, 0.25) is 0 Å². The number of hydrogen-bond acceptors (Lipinski definition) is 3. The van der Waals surface area contributed by atoms with E-state index >= 15 is 0 Å². The quantitative estimate of drug-likeness (QED) is 0.793. The summed E-state index contributed by atoms with van der Waals surface area (Å²) in [7, 11) is 0. The molecule has 0 unspecified atom stereocenters. The maximum atomic E-state index is 11.4. The monoisotopic (exact) mass is 225 g/mol. The Hall–Kier alpha value is -1.78. The summed E-state index contributed by atoms with van der Waals surface area (Å²) >= 11 is 0. The van der Waals surface area contributed by atoms with E-state index in [1.807, 2.05) is 0 Å². The van der Waals surface area contributed by atoms with Crippen LogP contribution >= 0.6 is 0 Å². The predicted octanol–water partition coefficient (Wildman–Crippen LogP) is 1.40. The molecule has 0 aliphatic carbocycles. The molecule has 5 nitrogen and oxygen atoms in total. The Balaban J connectivity index is 2.39. The highest BCUT2D eigenvalue weighted by atomic mass is 16.4. The summed E-state index contributed by atoms with van der Waals surface area (Å²) in [6.45, 7) is 3.31. The van der Waals surface area contributed by atoms with Crippen molar-refractivity contribution >= 4 is 11.9 Å². The zero-order chi connectivity index (χ0) is 12.2. The van der Waals surface area contributed by atoms with Crippen molar-refractivity contribution in [3.8, 4) is 0 Å². The third-order valence-corrected chi connectivity index (χ3v) is 2.22. The van der Waals surface area contributed by atoms with Gasteiger partial charge in [-0.05, 0) is 26.0 Å². The maximum Gasteiger partial charge on any atom is 0.309 e. The van der Waals surface area contributed by atoms with Gasteiger partial charge in [-0.15, -0.1) is 0 Å². The molecule has 0 atom stereocenters. The van der Waals surface area contributed by atoms with E-state index in [2.05, 4.69) is 5.32 Å². The minimum Gasteiger partial charge on any atom is -0.481 e. The lowest BCUT2D eigenvalue weighted by Crippen LogP contribution is -2.33. The number of carbonyl (C=O) groups is 2. The molecular formula is C11H15NO4. The van der Waals surface area contributed by atoms with Gasteiger partial charge < -0.3 is 14.8 Å². The average Bonchev–Trinajstić information content (AvgIpc) is 2.66. The lowest BCUT2D eigenvalue weighted by atomic mass is 9.89. The van der Waals surface area contributed by atoms with E-state index < -0.39 is 11.4 Å². The van der Waals surface area contributed by atoms with Gasteiger partial charge >= 0.3 is 5.97 Å². The molecule has 0 aromatic carbocycles. The van der Waals surface area contributed by atoms with Crippen LogP contribution in [0.1, 0.15) is 26.0 Å². The molecule has 0 saturated carbocycles. The van der Waals surface area contributed by atoms with Gasteiger partial charge in [0.15, 0.2) is 0 Å². The molecule has 5 heteroatoms. The summed E-state index contributed by atoms with van der Waals surface area (Å²) in [5, 5.41) is 11.4. The second-order valence-electron chi connectivity index (χ2n) is 4.22. The zero-order valence-corrected chi connectivity index (χ0v) is 9.32. The van der Waals surface area contributed by atoms with Gasteiger partial charge in [-0.2, -0.15) is 0 Å². The summed E-state index contributed by atoms with van der Waals surface area (Å²) < 4.78 is 5.03. The Bertz CT molecular complexity index is 367. The van der Waals surface area contributed by atoms with Crippen molar-refractivity contribution in [1.29, 1.82) is 0 Å². The van der Waals surface area contributed by atoms with Crippen LogP contribution in [0.15, 0.2) is 22.8 Å². The van der Waals surface area contributed by atoms with Crippen molar-refractivity contribution < 1.29 is 19.1 Å². The van der Waals surface area contributed by atoms with E-state index in [1.165, 1.54) is 20.1 Å². The molecule has 16 heavy (non-hydrogen) atoms. The van der Waals surface area contributed by atoms with Gasteiger partial charge in [0.1, 0.15) is 5.76 Å². The van der Waals surface area contributed by atoms with Crippen molar-refractivity contribution in [3.63, 3.8) is 0 Å². The highest BCUT2D eigenvalue weighted by Gasteiger charge is 2.29. The molecule has 0 radical (unpaired) electrons. The van der Waals surface area contributed by atoms with E-state index in [-0.39, 0.29) is 18.9 Å². The largest absolute Gasteiger partial charge is 0.481 e. The number of carboxylic acids is 1. The van der Waals surface area contributed by atoms with Crippen LogP contribution in [-0.4, -0.2) is 17.0 Å². The Morgan fingerprint density at radius 3 is 2.69 bits per heavy atom. The molecule has 1 rings (SSSR count). The summed E-state index contributed by atoms with van der Waals surface area (Å²) in [4.78, 5) is 22.2. The van der Waals surface area contributed by atoms with Gasteiger partial charge in [-0.3, -0.25) is 9.59 Å². The van der Waals surface area contributed by atoms with E-state index in [0.29, 0.717) is 5.76 Å². The van der Waals surface area contributed by atoms with E-state index in [4.69, 9.17) is 9.52 Å². The van der Waals surface area contributed by atoms with Crippen molar-refractivity contribution in [2.24, 2.45) is 5.41 Å². The fourth-order valence-electron chi connectivity index (χ4n) is 1.14. The lowest BCUT2D eigenvalue weighted by molar-refractivity contribution is -0.149. The van der Waals surface area contributed by atoms with Gasteiger partial charge in [0.05, 0.1) is 18.2 Å². The lowest BCUT2D eigenvalue weighted by Gasteiger charge is -2.17. The summed E-state index contributed by atoms with van der Waals surface area (Å²) in [6.07, 6.45) is 1.46. The molecule has 0 aliphatic rings. The molecule has 0 aliphatic heterocycles. The Morgan fingerprint density at radius 1 is 1.50 bits per heavy atom. The van der Waals surface area contributed by atoms with Crippen molar-refractivity contribution in [2.45, 2.75) is 26.8 Å². The molecule has 0 bridgehead atoms. The van der Waals surface area contributed by atoms with Crippen LogP contribution in [0.25, 0.3) is 0 Å². The molecule has 1 aromatic heterocycles. The van der Waals surface area contributed by atoms with Crippen LogP contribution in [0.4, 0.5) is 0 Å². The first-order valence-corrected chi connectivity index (χ1v) is 4.94. The fourth-order valence-corrected chi connectivity index (χ4v) is 1.14. The minimum atomic E-state index is -1.05. The molecular weight excluding hydrogens is 210 g/mol. The topological polar surface area (TPSA) is 79.5 Å². The van der Waals surface area contributed by atoms with Crippen LogP contribution < -0.4 is 5.32 Å². The van der Waals surface area contributed by atoms with Gasteiger partial charge in [-0.25, -0.2) is 0 Å². The number of carboxylic acid groups (broad SMARTS) is 1. The molecule has 0 fully saturated rings. The molecule has 1 amide bonds. The average molecular weight is 225 g/mol. The highest BCUT2D eigenvalue weighted by Crippen LogP contribution is 2.20. The molecule has 0 saturated heterocycles. The second-order valence-corrected chi connectivity index (χ2v) is 4.22. The fraction of sp³-hybridized carbons (Fsp3) is 0.455. The smallest absolute Gasteiger partial charge is 0.309 e. The van der Waals surface area contributed by atoms with Crippen LogP contribution in [0.3, 0.4) is 0 Å². The van der Waals surface area contributed by atoms with Crippen molar-refractivity contribution in [3.05, 3.63) is 24.2 Å². The summed E-state index contributed by atoms with van der Waals surface area (Å²) in [5.74, 6) is -0.647. The van der Waals surface area contributed by atoms with Gasteiger partial charge in [0.2, 0.25) is 5.91 Å². The number of hydrogen-bond donors (Lipinski definition) is 2. The second kappa shape index (κ2) is 4.83. The Kier molecular flexibility index (Phi) is 3.71. The predicted molar refractivity (Wildman–Crippen MR) is 56.6 cm³/mol. The maximum absolute atomic E-state index is 11.4. The SMILES string of the molecule is CC(C)(CC(=O)NCc1ccco1)C(=O)O. The molecule has 2 N–H and O–H groups in total. The van der Waals surface area contributed by atoms with Gasteiger partial charge in [-0.1, -0.05) is 0 Å². The molecule has 88 valence electrons. The Morgan fingerprint density at radius 2 is 2.19 bits per heavy atom. The van der Waals surface area contributed by atoms with Gasteiger partial charge in [0, 0.05) is 6.42 Å².